The monoisotopic (exact) mass is 368 g/mol. The summed E-state index contributed by atoms with van der Waals surface area (Å²) in [6.45, 7) is 2.69. The van der Waals surface area contributed by atoms with Crippen LogP contribution < -0.4 is 0 Å². The van der Waals surface area contributed by atoms with Gasteiger partial charge in [-0.2, -0.15) is 0 Å². The first kappa shape index (κ1) is 16.7. The Morgan fingerprint density at radius 3 is 2.64 bits per heavy atom. The molecule has 0 saturated heterocycles. The first-order valence-electron chi connectivity index (χ1n) is 6.85. The SMILES string of the molecule is CC(=O)OC[C@H]1OC(c2cccc(Br)c2)C=C[C@@H]1OC(C)=O. The summed E-state index contributed by atoms with van der Waals surface area (Å²) in [5, 5.41) is 0. The summed E-state index contributed by atoms with van der Waals surface area (Å²) in [4.78, 5) is 22.2. The van der Waals surface area contributed by atoms with E-state index in [2.05, 4.69) is 15.9 Å². The topological polar surface area (TPSA) is 61.8 Å². The van der Waals surface area contributed by atoms with Crippen molar-refractivity contribution in [3.8, 4) is 0 Å². The van der Waals surface area contributed by atoms with Crippen molar-refractivity contribution in [3.63, 3.8) is 0 Å². The predicted octanol–water partition coefficient (Wildman–Crippen LogP) is 2.94. The fourth-order valence-corrected chi connectivity index (χ4v) is 2.58. The van der Waals surface area contributed by atoms with Gasteiger partial charge in [-0.3, -0.25) is 9.59 Å². The summed E-state index contributed by atoms with van der Waals surface area (Å²) in [5.74, 6) is -0.814. The lowest BCUT2D eigenvalue weighted by atomic mass is 10.0. The van der Waals surface area contributed by atoms with E-state index in [1.807, 2.05) is 30.3 Å². The maximum Gasteiger partial charge on any atom is 0.303 e. The Hall–Kier alpha value is -1.66. The van der Waals surface area contributed by atoms with E-state index in [0.717, 1.165) is 10.0 Å². The fraction of sp³-hybridized carbons (Fsp3) is 0.375. The molecule has 0 saturated carbocycles. The lowest BCUT2D eigenvalue weighted by Gasteiger charge is -2.31. The van der Waals surface area contributed by atoms with Crippen molar-refractivity contribution in [2.75, 3.05) is 6.61 Å². The zero-order valence-electron chi connectivity index (χ0n) is 12.3. The molecule has 0 fully saturated rings. The van der Waals surface area contributed by atoms with E-state index in [-0.39, 0.29) is 12.7 Å². The van der Waals surface area contributed by atoms with Crippen molar-refractivity contribution >= 4 is 27.9 Å². The molecule has 0 aromatic heterocycles. The molecule has 2 rings (SSSR count). The van der Waals surface area contributed by atoms with Crippen LogP contribution in [-0.4, -0.2) is 30.8 Å². The van der Waals surface area contributed by atoms with Crippen LogP contribution in [-0.2, 0) is 23.8 Å². The van der Waals surface area contributed by atoms with Gasteiger partial charge in [0.25, 0.3) is 0 Å². The van der Waals surface area contributed by atoms with E-state index in [0.29, 0.717) is 0 Å². The second kappa shape index (κ2) is 7.56. The summed E-state index contributed by atoms with van der Waals surface area (Å²) >= 11 is 3.42. The first-order chi connectivity index (χ1) is 10.5. The van der Waals surface area contributed by atoms with Crippen LogP contribution in [0.4, 0.5) is 0 Å². The van der Waals surface area contributed by atoms with Gasteiger partial charge in [-0.25, -0.2) is 0 Å². The smallest absolute Gasteiger partial charge is 0.303 e. The van der Waals surface area contributed by atoms with E-state index in [1.165, 1.54) is 13.8 Å². The molecule has 6 heteroatoms. The number of carbonyl (C=O) groups is 2. The normalized spacial score (nSPS) is 23.9. The number of benzene rings is 1. The van der Waals surface area contributed by atoms with Crippen molar-refractivity contribution in [1.29, 1.82) is 0 Å². The summed E-state index contributed by atoms with van der Waals surface area (Å²) in [6.07, 6.45) is 2.21. The molecular formula is C16H17BrO5. The second-order valence-electron chi connectivity index (χ2n) is 4.91. The van der Waals surface area contributed by atoms with Gasteiger partial charge < -0.3 is 14.2 Å². The van der Waals surface area contributed by atoms with Crippen LogP contribution in [0.1, 0.15) is 25.5 Å². The standard InChI is InChI=1S/C16H17BrO5/c1-10(18)20-9-16-15(21-11(2)19)7-6-14(22-16)12-4-3-5-13(17)8-12/h3-8,14-16H,9H2,1-2H3/t14?,15-,16+/m0/s1. The van der Waals surface area contributed by atoms with Crippen LogP contribution in [0.25, 0.3) is 0 Å². The van der Waals surface area contributed by atoms with E-state index in [9.17, 15) is 9.59 Å². The number of esters is 2. The first-order valence-corrected chi connectivity index (χ1v) is 7.65. The lowest BCUT2D eigenvalue weighted by Crippen LogP contribution is -2.39. The Morgan fingerprint density at radius 1 is 1.23 bits per heavy atom. The second-order valence-corrected chi connectivity index (χ2v) is 5.83. The number of halogens is 1. The highest BCUT2D eigenvalue weighted by Crippen LogP contribution is 2.29. The van der Waals surface area contributed by atoms with E-state index in [1.54, 1.807) is 6.08 Å². The molecule has 1 aromatic carbocycles. The van der Waals surface area contributed by atoms with Crippen molar-refractivity contribution < 1.29 is 23.8 Å². The average molecular weight is 369 g/mol. The molecular weight excluding hydrogens is 352 g/mol. The minimum absolute atomic E-state index is 0.0299. The van der Waals surface area contributed by atoms with Gasteiger partial charge in [-0.1, -0.05) is 34.1 Å². The van der Waals surface area contributed by atoms with Crippen molar-refractivity contribution in [2.24, 2.45) is 0 Å². The Kier molecular flexibility index (Phi) is 5.74. The van der Waals surface area contributed by atoms with Crippen LogP contribution in [0.2, 0.25) is 0 Å². The molecule has 5 nitrogen and oxygen atoms in total. The molecule has 0 N–H and O–H groups in total. The van der Waals surface area contributed by atoms with Gasteiger partial charge in [0.15, 0.2) is 0 Å². The summed E-state index contributed by atoms with van der Waals surface area (Å²) in [7, 11) is 0. The third-order valence-electron chi connectivity index (χ3n) is 3.09. The number of hydrogen-bond acceptors (Lipinski definition) is 5. The molecule has 0 aliphatic carbocycles. The van der Waals surface area contributed by atoms with Crippen LogP contribution in [0.5, 0.6) is 0 Å². The predicted molar refractivity (Wildman–Crippen MR) is 83.1 cm³/mol. The Balaban J connectivity index is 2.15. The highest BCUT2D eigenvalue weighted by atomic mass is 79.9. The molecule has 1 aliphatic rings. The molecule has 22 heavy (non-hydrogen) atoms. The molecule has 0 bridgehead atoms. The number of carbonyl (C=O) groups excluding carboxylic acids is 2. The van der Waals surface area contributed by atoms with Gasteiger partial charge in [-0.15, -0.1) is 0 Å². The van der Waals surface area contributed by atoms with Gasteiger partial charge in [0.2, 0.25) is 0 Å². The number of hydrogen-bond donors (Lipinski definition) is 0. The molecule has 0 spiro atoms. The zero-order chi connectivity index (χ0) is 16.1. The van der Waals surface area contributed by atoms with Crippen molar-refractivity contribution in [1.82, 2.24) is 0 Å². The molecule has 1 unspecified atom stereocenters. The van der Waals surface area contributed by atoms with Gasteiger partial charge in [0.1, 0.15) is 24.9 Å². The van der Waals surface area contributed by atoms with E-state index in [4.69, 9.17) is 14.2 Å². The molecule has 1 aliphatic heterocycles. The van der Waals surface area contributed by atoms with Crippen LogP contribution >= 0.6 is 15.9 Å². The summed E-state index contributed by atoms with van der Waals surface area (Å²) in [6, 6.07) is 7.72. The number of rotatable bonds is 4. The van der Waals surface area contributed by atoms with Gasteiger partial charge in [0, 0.05) is 18.3 Å². The molecule has 0 amide bonds. The van der Waals surface area contributed by atoms with E-state index >= 15 is 0 Å². The molecule has 118 valence electrons. The van der Waals surface area contributed by atoms with E-state index < -0.39 is 24.1 Å². The van der Waals surface area contributed by atoms with Crippen molar-refractivity contribution in [2.45, 2.75) is 32.2 Å². The molecule has 0 radical (unpaired) electrons. The zero-order valence-corrected chi connectivity index (χ0v) is 13.9. The van der Waals surface area contributed by atoms with Gasteiger partial charge in [0.05, 0.1) is 0 Å². The molecule has 1 aromatic rings. The Bertz CT molecular complexity index is 584. The Labute approximate surface area is 137 Å². The maximum absolute atomic E-state index is 11.2. The average Bonchev–Trinajstić information content (AvgIpc) is 2.45. The largest absolute Gasteiger partial charge is 0.463 e. The highest BCUT2D eigenvalue weighted by Gasteiger charge is 2.31. The van der Waals surface area contributed by atoms with Gasteiger partial charge in [-0.05, 0) is 23.8 Å². The van der Waals surface area contributed by atoms with Crippen LogP contribution in [0.3, 0.4) is 0 Å². The minimum atomic E-state index is -0.569. The number of ether oxygens (including phenoxy) is 3. The molecule has 1 heterocycles. The lowest BCUT2D eigenvalue weighted by molar-refractivity contribution is -0.163. The third-order valence-corrected chi connectivity index (χ3v) is 3.59. The van der Waals surface area contributed by atoms with Crippen molar-refractivity contribution in [3.05, 3.63) is 46.5 Å². The summed E-state index contributed by atoms with van der Waals surface area (Å²) < 4.78 is 17.1. The van der Waals surface area contributed by atoms with Gasteiger partial charge >= 0.3 is 11.9 Å². The summed E-state index contributed by atoms with van der Waals surface area (Å²) in [5.41, 5.74) is 0.958. The Morgan fingerprint density at radius 2 is 2.00 bits per heavy atom. The fourth-order valence-electron chi connectivity index (χ4n) is 2.16. The quantitative estimate of drug-likeness (QED) is 0.603. The van der Waals surface area contributed by atoms with Crippen LogP contribution in [0.15, 0.2) is 40.9 Å². The van der Waals surface area contributed by atoms with Crippen LogP contribution in [0, 0.1) is 0 Å². The third kappa shape index (κ3) is 4.68. The maximum atomic E-state index is 11.2. The molecule has 3 atom stereocenters. The highest BCUT2D eigenvalue weighted by molar-refractivity contribution is 9.10. The minimum Gasteiger partial charge on any atom is -0.463 e.